The molecule has 2 rings (SSSR count). The third kappa shape index (κ3) is 7.81. The molecule has 0 aromatic heterocycles. The summed E-state index contributed by atoms with van der Waals surface area (Å²) in [5.41, 5.74) is 1.71. The van der Waals surface area contributed by atoms with Crippen LogP contribution < -0.4 is 4.72 Å². The second kappa shape index (κ2) is 10.6. The van der Waals surface area contributed by atoms with E-state index in [1.54, 1.807) is 0 Å². The first-order valence-corrected chi connectivity index (χ1v) is 11.0. The number of benzene rings is 1. The van der Waals surface area contributed by atoms with Gasteiger partial charge in [0.15, 0.2) is 0 Å². The van der Waals surface area contributed by atoms with Crippen LogP contribution in [0, 0.1) is 5.82 Å². The molecule has 0 fully saturated rings. The molecule has 1 aromatic carbocycles. The summed E-state index contributed by atoms with van der Waals surface area (Å²) in [5.74, 6) is -0.703. The highest BCUT2D eigenvalue weighted by atomic mass is 32.2. The van der Waals surface area contributed by atoms with Crippen LogP contribution in [0.1, 0.15) is 56.9 Å². The summed E-state index contributed by atoms with van der Waals surface area (Å²) < 4.78 is 45.2. The Kier molecular flexibility index (Phi) is 8.44. The Hall–Kier alpha value is -1.73. The first-order chi connectivity index (χ1) is 12.9. The molecule has 0 saturated carbocycles. The van der Waals surface area contributed by atoms with Crippen LogP contribution in [0.4, 0.5) is 4.39 Å². The Morgan fingerprint density at radius 2 is 1.89 bits per heavy atom. The third-order valence-electron chi connectivity index (χ3n) is 4.73. The van der Waals surface area contributed by atoms with E-state index in [4.69, 9.17) is 0 Å². The lowest BCUT2D eigenvalue weighted by atomic mass is 10.0. The summed E-state index contributed by atoms with van der Waals surface area (Å²) in [7, 11) is -2.09. The second-order valence-corrected chi connectivity index (χ2v) is 8.66. The molecule has 5 nitrogen and oxygen atoms in total. The zero-order chi connectivity index (χ0) is 19.7. The fourth-order valence-electron chi connectivity index (χ4n) is 3.29. The molecule has 1 aliphatic rings. The van der Waals surface area contributed by atoms with Gasteiger partial charge < -0.3 is 4.74 Å². The number of methoxy groups -OCH3 is 1. The number of esters is 1. The molecule has 0 unspecified atom stereocenters. The predicted octanol–water partition coefficient (Wildman–Crippen LogP) is 3.85. The van der Waals surface area contributed by atoms with E-state index in [2.05, 4.69) is 15.5 Å². The first-order valence-electron chi connectivity index (χ1n) is 9.40. The number of rotatable bonds is 11. The van der Waals surface area contributed by atoms with E-state index in [1.807, 2.05) is 0 Å². The number of nitrogens with one attached hydrogen (secondary N) is 1. The minimum absolute atomic E-state index is 0.148. The number of ether oxygens (including phenoxy) is 1. The van der Waals surface area contributed by atoms with E-state index in [9.17, 15) is 17.6 Å². The maximum absolute atomic E-state index is 13.0. The molecule has 0 amide bonds. The van der Waals surface area contributed by atoms with E-state index in [1.165, 1.54) is 31.4 Å². The van der Waals surface area contributed by atoms with E-state index < -0.39 is 10.0 Å². The van der Waals surface area contributed by atoms with Gasteiger partial charge in [-0.2, -0.15) is 0 Å². The van der Waals surface area contributed by atoms with Crippen LogP contribution in [-0.2, 0) is 25.3 Å². The van der Waals surface area contributed by atoms with Crippen LogP contribution in [0.15, 0.2) is 35.9 Å². The van der Waals surface area contributed by atoms with Gasteiger partial charge in [0.2, 0.25) is 10.0 Å². The van der Waals surface area contributed by atoms with Crippen LogP contribution in [0.2, 0.25) is 0 Å². The van der Waals surface area contributed by atoms with E-state index in [0.29, 0.717) is 12.0 Å². The molecule has 1 N–H and O–H groups in total. The topological polar surface area (TPSA) is 72.5 Å². The van der Waals surface area contributed by atoms with Crippen molar-refractivity contribution in [3.63, 3.8) is 0 Å². The summed E-state index contributed by atoms with van der Waals surface area (Å²) in [4.78, 5) is 11.1. The summed E-state index contributed by atoms with van der Waals surface area (Å²) in [6.07, 6.45) is 8.85. The van der Waals surface area contributed by atoms with Crippen LogP contribution in [0.25, 0.3) is 0 Å². The molecule has 150 valence electrons. The maximum atomic E-state index is 13.0. The normalized spacial score (nSPS) is 17.0. The first kappa shape index (κ1) is 21.6. The van der Waals surface area contributed by atoms with Gasteiger partial charge >= 0.3 is 5.97 Å². The van der Waals surface area contributed by atoms with Crippen molar-refractivity contribution in [2.24, 2.45) is 0 Å². The Morgan fingerprint density at radius 1 is 1.19 bits per heavy atom. The number of hydrogen-bond donors (Lipinski definition) is 1. The average molecular weight is 398 g/mol. The highest BCUT2D eigenvalue weighted by Gasteiger charge is 2.24. The van der Waals surface area contributed by atoms with Crippen LogP contribution in [0.5, 0.6) is 0 Å². The fraction of sp³-hybridized carbons (Fsp3) is 0.550. The number of sulfonamides is 1. The molecule has 0 saturated heterocycles. The molecular formula is C20H28FNO4S. The zero-order valence-electron chi connectivity index (χ0n) is 15.7. The zero-order valence-corrected chi connectivity index (χ0v) is 16.6. The summed E-state index contributed by atoms with van der Waals surface area (Å²) >= 11 is 0. The number of carbonyl (C=O) groups excluding carboxylic acids is 1. The highest BCUT2D eigenvalue weighted by molar-refractivity contribution is 7.88. The van der Waals surface area contributed by atoms with Gasteiger partial charge in [-0.3, -0.25) is 4.79 Å². The largest absolute Gasteiger partial charge is 0.469 e. The smallest absolute Gasteiger partial charge is 0.305 e. The van der Waals surface area contributed by atoms with Crippen molar-refractivity contribution >= 4 is 16.0 Å². The van der Waals surface area contributed by atoms with Crippen LogP contribution >= 0.6 is 0 Å². The van der Waals surface area contributed by atoms with Crippen molar-refractivity contribution in [2.45, 2.75) is 63.2 Å². The maximum Gasteiger partial charge on any atom is 0.305 e. The molecule has 0 heterocycles. The van der Waals surface area contributed by atoms with Gasteiger partial charge in [0.05, 0.1) is 12.9 Å². The average Bonchev–Trinajstić information content (AvgIpc) is 3.05. The van der Waals surface area contributed by atoms with Gasteiger partial charge in [-0.25, -0.2) is 17.5 Å². The van der Waals surface area contributed by atoms with Gasteiger partial charge in [0.25, 0.3) is 0 Å². The van der Waals surface area contributed by atoms with Crippen LogP contribution in [-0.4, -0.2) is 27.5 Å². The molecule has 27 heavy (non-hydrogen) atoms. The van der Waals surface area contributed by atoms with E-state index >= 15 is 0 Å². The molecule has 0 bridgehead atoms. The fourth-order valence-corrected chi connectivity index (χ4v) is 4.70. The molecule has 0 radical (unpaired) electrons. The van der Waals surface area contributed by atoms with Crippen molar-refractivity contribution in [1.82, 2.24) is 4.72 Å². The summed E-state index contributed by atoms with van der Waals surface area (Å²) in [6.45, 7) is 0. The summed E-state index contributed by atoms with van der Waals surface area (Å²) in [6, 6.07) is 5.38. The highest BCUT2D eigenvalue weighted by Crippen LogP contribution is 2.25. The minimum Gasteiger partial charge on any atom is -0.469 e. The molecule has 7 heteroatoms. The SMILES string of the molecule is COC(=O)CCCCCCC1=CCC[C@@H]1NS(=O)(=O)Cc1ccc(F)cc1. The third-order valence-corrected chi connectivity index (χ3v) is 6.08. The molecule has 0 aliphatic heterocycles. The molecule has 1 aliphatic carbocycles. The molecule has 1 aromatic rings. The monoisotopic (exact) mass is 397 g/mol. The Labute approximate surface area is 161 Å². The van der Waals surface area contributed by atoms with Gasteiger partial charge in [-0.15, -0.1) is 0 Å². The number of hydrogen-bond acceptors (Lipinski definition) is 4. The van der Waals surface area contributed by atoms with Gasteiger partial charge in [0, 0.05) is 12.5 Å². The lowest BCUT2D eigenvalue weighted by Crippen LogP contribution is -2.35. The Morgan fingerprint density at radius 3 is 2.59 bits per heavy atom. The standard InChI is InChI=1S/C20H28FNO4S/c1-26-20(23)10-5-3-2-4-7-17-8-6-9-19(17)22-27(24,25)15-16-11-13-18(21)14-12-16/h8,11-14,19,22H,2-7,9-10,15H2,1H3/t19-/m0/s1. The Bertz CT molecular complexity index is 744. The van der Waals surface area contributed by atoms with Crippen molar-refractivity contribution < 1.29 is 22.3 Å². The predicted molar refractivity (Wildman–Crippen MR) is 103 cm³/mol. The number of halogens is 1. The lowest BCUT2D eigenvalue weighted by molar-refractivity contribution is -0.140. The molecule has 0 spiro atoms. The van der Waals surface area contributed by atoms with Crippen molar-refractivity contribution in [1.29, 1.82) is 0 Å². The van der Waals surface area contributed by atoms with Gasteiger partial charge in [0.1, 0.15) is 5.82 Å². The van der Waals surface area contributed by atoms with Gasteiger partial charge in [-0.1, -0.05) is 36.6 Å². The van der Waals surface area contributed by atoms with Crippen LogP contribution in [0.3, 0.4) is 0 Å². The van der Waals surface area contributed by atoms with Crippen molar-refractivity contribution in [3.05, 3.63) is 47.3 Å². The van der Waals surface area contributed by atoms with Gasteiger partial charge in [-0.05, 0) is 49.8 Å². The number of unbranched alkanes of at least 4 members (excludes halogenated alkanes) is 3. The van der Waals surface area contributed by atoms with E-state index in [0.717, 1.165) is 50.5 Å². The van der Waals surface area contributed by atoms with Crippen molar-refractivity contribution in [2.75, 3.05) is 7.11 Å². The minimum atomic E-state index is -3.48. The number of allylic oxidation sites excluding steroid dienone is 1. The van der Waals surface area contributed by atoms with E-state index in [-0.39, 0.29) is 23.6 Å². The molecular weight excluding hydrogens is 369 g/mol. The molecule has 1 atom stereocenters. The van der Waals surface area contributed by atoms with Crippen molar-refractivity contribution in [3.8, 4) is 0 Å². The Balaban J connectivity index is 1.74. The number of carbonyl (C=O) groups is 1. The summed E-state index contributed by atoms with van der Waals surface area (Å²) in [5, 5.41) is 0. The lowest BCUT2D eigenvalue weighted by Gasteiger charge is -2.17. The second-order valence-electron chi connectivity index (χ2n) is 6.90. The quantitative estimate of drug-likeness (QED) is 0.350.